The fourth-order valence-corrected chi connectivity index (χ4v) is 2.99. The van der Waals surface area contributed by atoms with Gasteiger partial charge in [0.05, 0.1) is 18.0 Å². The number of hydrogen-bond acceptors (Lipinski definition) is 4. The summed E-state index contributed by atoms with van der Waals surface area (Å²) in [6, 6.07) is 7.08. The van der Waals surface area contributed by atoms with Gasteiger partial charge in [-0.15, -0.1) is 11.3 Å². The van der Waals surface area contributed by atoms with Gasteiger partial charge in [-0.3, -0.25) is 4.98 Å². The Balaban J connectivity index is 1.82. The second kappa shape index (κ2) is 7.64. The van der Waals surface area contributed by atoms with Crippen LogP contribution in [0.2, 0.25) is 0 Å². The molecule has 0 saturated heterocycles. The zero-order valence-electron chi connectivity index (χ0n) is 12.4. The molecule has 0 spiro atoms. The molecule has 5 heteroatoms. The SMILES string of the molecule is CC(CN(C)CCc1cccs1)C(O)c1ccc(F)cn1. The van der Waals surface area contributed by atoms with Crippen molar-refractivity contribution in [3.63, 3.8) is 0 Å². The van der Waals surface area contributed by atoms with Gasteiger partial charge in [0, 0.05) is 23.9 Å². The highest BCUT2D eigenvalue weighted by atomic mass is 32.1. The number of aliphatic hydroxyl groups excluding tert-OH is 1. The van der Waals surface area contributed by atoms with E-state index < -0.39 is 6.10 Å². The van der Waals surface area contributed by atoms with Crippen LogP contribution in [0.5, 0.6) is 0 Å². The summed E-state index contributed by atoms with van der Waals surface area (Å²) < 4.78 is 12.8. The van der Waals surface area contributed by atoms with Crippen molar-refractivity contribution in [2.75, 3.05) is 20.1 Å². The lowest BCUT2D eigenvalue weighted by Crippen LogP contribution is -2.29. The van der Waals surface area contributed by atoms with Crippen LogP contribution in [-0.4, -0.2) is 35.1 Å². The number of nitrogens with zero attached hydrogens (tertiary/aromatic N) is 2. The Morgan fingerprint density at radius 1 is 1.38 bits per heavy atom. The first kappa shape index (κ1) is 16.1. The Morgan fingerprint density at radius 3 is 2.81 bits per heavy atom. The lowest BCUT2D eigenvalue weighted by atomic mass is 10.0. The molecular formula is C16H21FN2OS. The van der Waals surface area contributed by atoms with Crippen LogP contribution in [0.15, 0.2) is 35.8 Å². The molecule has 2 aromatic heterocycles. The molecule has 2 rings (SSSR count). The highest BCUT2D eigenvalue weighted by Gasteiger charge is 2.19. The monoisotopic (exact) mass is 308 g/mol. The highest BCUT2D eigenvalue weighted by molar-refractivity contribution is 7.09. The van der Waals surface area contributed by atoms with Gasteiger partial charge in [0.25, 0.3) is 0 Å². The van der Waals surface area contributed by atoms with Crippen LogP contribution in [0.1, 0.15) is 23.6 Å². The molecule has 0 radical (unpaired) electrons. The zero-order chi connectivity index (χ0) is 15.2. The minimum Gasteiger partial charge on any atom is -0.386 e. The summed E-state index contributed by atoms with van der Waals surface area (Å²) in [5.74, 6) is -0.344. The largest absolute Gasteiger partial charge is 0.386 e. The summed E-state index contributed by atoms with van der Waals surface area (Å²) in [4.78, 5) is 7.53. The Hall–Kier alpha value is -1.30. The maximum atomic E-state index is 12.8. The van der Waals surface area contributed by atoms with Crippen LogP contribution >= 0.6 is 11.3 Å². The molecule has 114 valence electrons. The molecule has 0 aliphatic heterocycles. The normalized spacial score (nSPS) is 14.3. The van der Waals surface area contributed by atoms with Gasteiger partial charge in [0.1, 0.15) is 5.82 Å². The van der Waals surface area contributed by atoms with E-state index in [1.165, 1.54) is 10.9 Å². The van der Waals surface area contributed by atoms with Gasteiger partial charge in [0.2, 0.25) is 0 Å². The van der Waals surface area contributed by atoms with Crippen molar-refractivity contribution in [2.45, 2.75) is 19.4 Å². The minimum absolute atomic E-state index is 0.0382. The third kappa shape index (κ3) is 4.88. The van der Waals surface area contributed by atoms with Gasteiger partial charge in [-0.2, -0.15) is 0 Å². The smallest absolute Gasteiger partial charge is 0.141 e. The number of pyridine rings is 1. The van der Waals surface area contributed by atoms with Crippen LogP contribution < -0.4 is 0 Å². The van der Waals surface area contributed by atoms with Crippen molar-refractivity contribution >= 4 is 11.3 Å². The third-order valence-corrected chi connectivity index (χ3v) is 4.45. The fraction of sp³-hybridized carbons (Fsp3) is 0.438. The van der Waals surface area contributed by atoms with E-state index in [0.717, 1.165) is 25.7 Å². The molecule has 21 heavy (non-hydrogen) atoms. The van der Waals surface area contributed by atoms with Gasteiger partial charge in [-0.05, 0) is 37.0 Å². The first-order valence-electron chi connectivity index (χ1n) is 7.06. The summed E-state index contributed by atoms with van der Waals surface area (Å²) in [6.45, 7) is 3.71. The number of aromatic nitrogens is 1. The predicted molar refractivity (Wildman–Crippen MR) is 83.8 cm³/mol. The zero-order valence-corrected chi connectivity index (χ0v) is 13.2. The fourth-order valence-electron chi connectivity index (χ4n) is 2.29. The van der Waals surface area contributed by atoms with Crippen LogP contribution in [0, 0.1) is 11.7 Å². The lowest BCUT2D eigenvalue weighted by Gasteiger charge is -2.24. The average Bonchev–Trinajstić information content (AvgIpc) is 2.98. The van der Waals surface area contributed by atoms with Crippen LogP contribution in [-0.2, 0) is 6.42 Å². The topological polar surface area (TPSA) is 36.4 Å². The summed E-state index contributed by atoms with van der Waals surface area (Å²) >= 11 is 1.77. The summed E-state index contributed by atoms with van der Waals surface area (Å²) in [6.07, 6.45) is 1.49. The Bertz CT molecular complexity index is 530. The van der Waals surface area contributed by atoms with E-state index in [4.69, 9.17) is 0 Å². The molecule has 2 heterocycles. The standard InChI is InChI=1S/C16H21FN2OS/c1-12(16(20)15-6-5-13(17)10-18-15)11-19(2)8-7-14-4-3-9-21-14/h3-6,9-10,12,16,20H,7-8,11H2,1-2H3. The molecule has 0 aliphatic rings. The molecule has 1 N–H and O–H groups in total. The van der Waals surface area contributed by atoms with Crippen molar-refractivity contribution < 1.29 is 9.50 Å². The van der Waals surface area contributed by atoms with Crippen LogP contribution in [0.4, 0.5) is 4.39 Å². The van der Waals surface area contributed by atoms with Crippen molar-refractivity contribution in [1.29, 1.82) is 0 Å². The molecular weight excluding hydrogens is 287 g/mol. The average molecular weight is 308 g/mol. The van der Waals surface area contributed by atoms with Crippen molar-refractivity contribution in [1.82, 2.24) is 9.88 Å². The molecule has 0 saturated carbocycles. The molecule has 0 bridgehead atoms. The Labute approximate surface area is 129 Å². The van der Waals surface area contributed by atoms with Gasteiger partial charge in [-0.1, -0.05) is 13.0 Å². The number of rotatable bonds is 7. The first-order valence-corrected chi connectivity index (χ1v) is 7.94. The van der Waals surface area contributed by atoms with Crippen LogP contribution in [0.25, 0.3) is 0 Å². The number of hydrogen-bond donors (Lipinski definition) is 1. The van der Waals surface area contributed by atoms with E-state index >= 15 is 0 Å². The quantitative estimate of drug-likeness (QED) is 0.854. The highest BCUT2D eigenvalue weighted by Crippen LogP contribution is 2.21. The second-order valence-electron chi connectivity index (χ2n) is 5.42. The maximum absolute atomic E-state index is 12.8. The molecule has 0 fully saturated rings. The Kier molecular flexibility index (Phi) is 5.85. The van der Waals surface area contributed by atoms with E-state index in [1.807, 2.05) is 6.92 Å². The number of likely N-dealkylation sites (N-methyl/N-ethyl adjacent to an activating group) is 1. The summed E-state index contributed by atoms with van der Waals surface area (Å²) in [7, 11) is 2.05. The lowest BCUT2D eigenvalue weighted by molar-refractivity contribution is 0.0915. The molecule has 0 amide bonds. The van der Waals surface area contributed by atoms with E-state index in [9.17, 15) is 9.50 Å². The van der Waals surface area contributed by atoms with Crippen molar-refractivity contribution in [3.8, 4) is 0 Å². The molecule has 2 unspecified atom stereocenters. The van der Waals surface area contributed by atoms with Gasteiger partial charge in [-0.25, -0.2) is 4.39 Å². The molecule has 3 nitrogen and oxygen atoms in total. The molecule has 2 atom stereocenters. The third-order valence-electron chi connectivity index (χ3n) is 3.51. The number of thiophene rings is 1. The Morgan fingerprint density at radius 2 is 2.19 bits per heavy atom. The minimum atomic E-state index is -0.671. The van der Waals surface area contributed by atoms with Crippen LogP contribution in [0.3, 0.4) is 0 Å². The molecule has 2 aromatic rings. The number of halogens is 1. The van der Waals surface area contributed by atoms with Gasteiger partial charge < -0.3 is 10.0 Å². The van der Waals surface area contributed by atoms with E-state index in [-0.39, 0.29) is 11.7 Å². The predicted octanol–water partition coefficient (Wildman–Crippen LogP) is 3.13. The van der Waals surface area contributed by atoms with E-state index in [1.54, 1.807) is 17.4 Å². The van der Waals surface area contributed by atoms with E-state index in [2.05, 4.69) is 34.4 Å². The van der Waals surface area contributed by atoms with E-state index in [0.29, 0.717) is 5.69 Å². The molecule has 0 aromatic carbocycles. The summed E-state index contributed by atoms with van der Waals surface area (Å²) in [5, 5.41) is 12.4. The van der Waals surface area contributed by atoms with Gasteiger partial charge in [0.15, 0.2) is 0 Å². The first-order chi connectivity index (χ1) is 10.1. The van der Waals surface area contributed by atoms with Gasteiger partial charge >= 0.3 is 0 Å². The number of aliphatic hydroxyl groups is 1. The molecule has 0 aliphatic carbocycles. The maximum Gasteiger partial charge on any atom is 0.141 e. The second-order valence-corrected chi connectivity index (χ2v) is 6.45. The van der Waals surface area contributed by atoms with Crippen molar-refractivity contribution in [2.24, 2.45) is 5.92 Å². The summed E-state index contributed by atoms with van der Waals surface area (Å²) in [5.41, 5.74) is 0.524. The van der Waals surface area contributed by atoms with Crippen molar-refractivity contribution in [3.05, 3.63) is 52.2 Å².